The van der Waals surface area contributed by atoms with Crippen LogP contribution in [0.4, 0.5) is 0 Å². The van der Waals surface area contributed by atoms with Crippen LogP contribution >= 0.6 is 12.6 Å². The summed E-state index contributed by atoms with van der Waals surface area (Å²) < 4.78 is 0. The van der Waals surface area contributed by atoms with Gasteiger partial charge in [-0.2, -0.15) is 12.6 Å². The molecule has 1 heteroatoms. The van der Waals surface area contributed by atoms with Crippen molar-refractivity contribution in [3.8, 4) is 0 Å². The van der Waals surface area contributed by atoms with E-state index >= 15 is 0 Å². The Morgan fingerprint density at radius 1 is 0.870 bits per heavy atom. The molecule has 0 aromatic heterocycles. The van der Waals surface area contributed by atoms with Crippen LogP contribution in [0.1, 0.15) is 117 Å². The summed E-state index contributed by atoms with van der Waals surface area (Å²) >= 11 is 4.73. The van der Waals surface area contributed by atoms with Crippen molar-refractivity contribution in [2.24, 2.45) is 17.3 Å². The molecule has 0 spiro atoms. The van der Waals surface area contributed by atoms with E-state index in [1.807, 2.05) is 0 Å². The van der Waals surface area contributed by atoms with E-state index in [-0.39, 0.29) is 0 Å². The quantitative estimate of drug-likeness (QED) is 0.355. The molecule has 0 N–H and O–H groups in total. The average molecular weight is 339 g/mol. The van der Waals surface area contributed by atoms with Crippen molar-refractivity contribution in [3.63, 3.8) is 0 Å². The summed E-state index contributed by atoms with van der Waals surface area (Å²) in [7, 11) is 0. The van der Waals surface area contributed by atoms with Gasteiger partial charge >= 0.3 is 0 Å². The highest BCUT2D eigenvalue weighted by Gasteiger charge is 2.31. The number of rotatable bonds is 7. The topological polar surface area (TPSA) is 0 Å². The van der Waals surface area contributed by atoms with Gasteiger partial charge in [-0.25, -0.2) is 0 Å². The fourth-order valence-electron chi connectivity index (χ4n) is 5.40. The Morgan fingerprint density at radius 3 is 2.48 bits per heavy atom. The third-order valence-electron chi connectivity index (χ3n) is 6.82. The molecule has 0 aromatic carbocycles. The number of thiol groups is 1. The van der Waals surface area contributed by atoms with E-state index in [0.29, 0.717) is 10.7 Å². The molecule has 136 valence electrons. The molecule has 23 heavy (non-hydrogen) atoms. The molecule has 2 rings (SSSR count). The second kappa shape index (κ2) is 10.4. The van der Waals surface area contributed by atoms with E-state index < -0.39 is 0 Å². The molecule has 2 fully saturated rings. The smallest absolute Gasteiger partial charge is 0.00169 e. The van der Waals surface area contributed by atoms with E-state index in [1.54, 1.807) is 0 Å². The van der Waals surface area contributed by atoms with Crippen LogP contribution in [0, 0.1) is 17.3 Å². The van der Waals surface area contributed by atoms with Gasteiger partial charge in [0.05, 0.1) is 0 Å². The largest absolute Gasteiger partial charge is 0.176 e. The van der Waals surface area contributed by atoms with Gasteiger partial charge < -0.3 is 0 Å². The Balaban J connectivity index is 1.63. The molecular weight excluding hydrogens is 296 g/mol. The molecule has 0 heterocycles. The van der Waals surface area contributed by atoms with Crippen LogP contribution in [0.2, 0.25) is 0 Å². The average Bonchev–Trinajstić information content (AvgIpc) is 2.50. The Kier molecular flexibility index (Phi) is 8.87. The van der Waals surface area contributed by atoms with Crippen molar-refractivity contribution in [3.05, 3.63) is 0 Å². The molecule has 0 saturated heterocycles. The zero-order valence-corrected chi connectivity index (χ0v) is 16.9. The van der Waals surface area contributed by atoms with Gasteiger partial charge in [0.25, 0.3) is 0 Å². The van der Waals surface area contributed by atoms with Crippen LogP contribution < -0.4 is 0 Å². The van der Waals surface area contributed by atoms with Crippen LogP contribution in [-0.4, -0.2) is 5.25 Å². The summed E-state index contributed by atoms with van der Waals surface area (Å²) in [6, 6.07) is 0. The van der Waals surface area contributed by atoms with Gasteiger partial charge in [0.2, 0.25) is 0 Å². The van der Waals surface area contributed by atoms with Gasteiger partial charge in [0, 0.05) is 5.25 Å². The van der Waals surface area contributed by atoms with E-state index in [0.717, 1.165) is 11.8 Å². The zero-order valence-electron chi connectivity index (χ0n) is 16.0. The van der Waals surface area contributed by atoms with Gasteiger partial charge in [-0.15, -0.1) is 0 Å². The second-order valence-electron chi connectivity index (χ2n) is 9.19. The summed E-state index contributed by atoms with van der Waals surface area (Å²) in [6.45, 7) is 4.95. The first-order valence-electron chi connectivity index (χ1n) is 10.8. The second-order valence-corrected chi connectivity index (χ2v) is 9.92. The molecule has 0 bridgehead atoms. The predicted octanol–water partition coefficient (Wildman–Crippen LogP) is 7.81. The molecule has 2 aliphatic rings. The standard InChI is InChI=1S/C22H42S/c1-3-9-20-12-8-17-22(2,18-20)16-7-6-11-19-10-4-5-13-21(23)15-14-19/h19-21,23H,3-18H2,1-2H3. The lowest BCUT2D eigenvalue weighted by Gasteiger charge is -2.38. The summed E-state index contributed by atoms with van der Waals surface area (Å²) in [6.07, 6.45) is 23.4. The maximum absolute atomic E-state index is 4.73. The van der Waals surface area contributed by atoms with Crippen LogP contribution in [0.25, 0.3) is 0 Å². The van der Waals surface area contributed by atoms with E-state index in [4.69, 9.17) is 12.6 Å². The summed E-state index contributed by atoms with van der Waals surface area (Å²) in [5.74, 6) is 2.05. The Labute approximate surface area is 152 Å². The number of hydrogen-bond acceptors (Lipinski definition) is 1. The van der Waals surface area contributed by atoms with Crippen molar-refractivity contribution in [2.75, 3.05) is 0 Å². The molecule has 0 aromatic rings. The van der Waals surface area contributed by atoms with E-state index in [2.05, 4.69) is 13.8 Å². The summed E-state index contributed by atoms with van der Waals surface area (Å²) in [5.41, 5.74) is 0.676. The van der Waals surface area contributed by atoms with Gasteiger partial charge in [-0.05, 0) is 55.8 Å². The minimum atomic E-state index is 0.676. The van der Waals surface area contributed by atoms with Crippen molar-refractivity contribution in [1.82, 2.24) is 0 Å². The normalized spacial score (nSPS) is 36.4. The minimum absolute atomic E-state index is 0.676. The molecule has 0 radical (unpaired) electrons. The van der Waals surface area contributed by atoms with Crippen LogP contribution in [-0.2, 0) is 0 Å². The fraction of sp³-hybridized carbons (Fsp3) is 1.00. The highest BCUT2D eigenvalue weighted by atomic mass is 32.1. The first-order valence-corrected chi connectivity index (χ1v) is 11.3. The molecule has 2 aliphatic carbocycles. The van der Waals surface area contributed by atoms with Gasteiger partial charge in [0.1, 0.15) is 0 Å². The molecule has 0 aliphatic heterocycles. The lowest BCUT2D eigenvalue weighted by Crippen LogP contribution is -2.25. The van der Waals surface area contributed by atoms with Crippen LogP contribution in [0.15, 0.2) is 0 Å². The predicted molar refractivity (Wildman–Crippen MR) is 107 cm³/mol. The Hall–Kier alpha value is 0.350. The maximum Gasteiger partial charge on any atom is 0.00169 e. The zero-order chi connectivity index (χ0) is 16.5. The first kappa shape index (κ1) is 19.7. The van der Waals surface area contributed by atoms with Gasteiger partial charge in [0.15, 0.2) is 0 Å². The lowest BCUT2D eigenvalue weighted by molar-refractivity contribution is 0.135. The highest BCUT2D eigenvalue weighted by Crippen LogP contribution is 2.44. The van der Waals surface area contributed by atoms with Gasteiger partial charge in [-0.3, -0.25) is 0 Å². The summed E-state index contributed by atoms with van der Waals surface area (Å²) in [4.78, 5) is 0. The highest BCUT2D eigenvalue weighted by molar-refractivity contribution is 7.80. The summed E-state index contributed by atoms with van der Waals surface area (Å²) in [5, 5.41) is 0.689. The van der Waals surface area contributed by atoms with Crippen molar-refractivity contribution in [1.29, 1.82) is 0 Å². The molecule has 0 nitrogen and oxygen atoms in total. The monoisotopic (exact) mass is 338 g/mol. The van der Waals surface area contributed by atoms with Crippen molar-refractivity contribution in [2.45, 2.75) is 122 Å². The maximum atomic E-state index is 4.73. The number of hydrogen-bond donors (Lipinski definition) is 1. The Morgan fingerprint density at radius 2 is 1.65 bits per heavy atom. The van der Waals surface area contributed by atoms with Crippen LogP contribution in [0.3, 0.4) is 0 Å². The minimum Gasteiger partial charge on any atom is -0.176 e. The molecule has 0 amide bonds. The molecule has 2 saturated carbocycles. The Bertz CT molecular complexity index is 311. The molecule has 4 atom stereocenters. The molecular formula is C22H42S. The van der Waals surface area contributed by atoms with Crippen LogP contribution in [0.5, 0.6) is 0 Å². The fourth-order valence-corrected chi connectivity index (χ4v) is 5.74. The third-order valence-corrected chi connectivity index (χ3v) is 7.34. The first-order chi connectivity index (χ1) is 11.1. The van der Waals surface area contributed by atoms with Crippen molar-refractivity contribution >= 4 is 12.6 Å². The van der Waals surface area contributed by atoms with E-state index in [1.165, 1.54) is 103 Å². The lowest BCUT2D eigenvalue weighted by atomic mass is 9.67. The van der Waals surface area contributed by atoms with E-state index in [9.17, 15) is 0 Å². The van der Waals surface area contributed by atoms with Crippen molar-refractivity contribution < 1.29 is 0 Å². The SMILES string of the molecule is CCCC1CCCC(C)(CCCCC2CCCCC(S)CC2)C1. The molecule has 4 unspecified atom stereocenters. The number of unbranched alkanes of at least 4 members (excludes halogenated alkanes) is 1. The van der Waals surface area contributed by atoms with Gasteiger partial charge in [-0.1, -0.05) is 78.1 Å². The third kappa shape index (κ3) is 7.41.